The lowest BCUT2D eigenvalue weighted by atomic mass is 9.91. The first-order valence-electron chi connectivity index (χ1n) is 10.9. The van der Waals surface area contributed by atoms with E-state index in [4.69, 9.17) is 30.1 Å². The number of aromatic nitrogens is 2. The van der Waals surface area contributed by atoms with E-state index in [9.17, 15) is 24.3 Å². The Bertz CT molecular complexity index is 1600. The summed E-state index contributed by atoms with van der Waals surface area (Å²) in [5, 5.41) is 11.7. The summed E-state index contributed by atoms with van der Waals surface area (Å²) in [4.78, 5) is 56.3. The smallest absolute Gasteiger partial charge is 0.347 e. The number of carbonyl (C=O) groups excluding carboxylic acids is 2. The Morgan fingerprint density at radius 2 is 2.06 bits per heavy atom. The third kappa shape index (κ3) is 2.82. The molecule has 6 rings (SSSR count). The molecule has 1 amide bonds. The molecule has 14 heteroatoms. The fraction of sp³-hybridized carbons (Fsp3) is 0.318. The van der Waals surface area contributed by atoms with Crippen LogP contribution in [0.5, 0.6) is 11.5 Å². The van der Waals surface area contributed by atoms with Crippen LogP contribution < -0.4 is 37.0 Å². The molecule has 186 valence electrons. The number of Topliss-reactive ketones (excluding diaryl/α,β-unsaturated/α-hetero) is 1. The minimum atomic E-state index is -1.45. The minimum absolute atomic E-state index is 0.0185. The molecule has 6 N–H and O–H groups in total. The Balaban J connectivity index is 1.50. The van der Waals surface area contributed by atoms with Gasteiger partial charge in [-0.2, -0.15) is 4.98 Å². The third-order valence-electron chi connectivity index (χ3n) is 6.74. The Kier molecular flexibility index (Phi) is 4.62. The number of ether oxygens (including phenoxy) is 3. The summed E-state index contributed by atoms with van der Waals surface area (Å²) in [6, 6.07) is 1.56. The van der Waals surface area contributed by atoms with E-state index in [-0.39, 0.29) is 53.0 Å². The molecule has 0 spiro atoms. The van der Waals surface area contributed by atoms with Gasteiger partial charge in [-0.3, -0.25) is 24.3 Å². The number of aliphatic hydroxyl groups is 1. The van der Waals surface area contributed by atoms with Crippen molar-refractivity contribution in [1.82, 2.24) is 9.97 Å². The molecule has 1 saturated heterocycles. The van der Waals surface area contributed by atoms with Crippen LogP contribution in [0.1, 0.15) is 33.8 Å². The number of nitrogens with zero attached hydrogens (tertiary/aromatic N) is 2. The number of H-pyrrole nitrogens is 1. The van der Waals surface area contributed by atoms with E-state index >= 15 is 0 Å². The number of amides is 1. The maximum atomic E-state index is 12.7. The van der Waals surface area contributed by atoms with Gasteiger partial charge < -0.3 is 35.2 Å². The lowest BCUT2D eigenvalue weighted by molar-refractivity contribution is -0.114. The third-order valence-corrected chi connectivity index (χ3v) is 6.74. The van der Waals surface area contributed by atoms with E-state index in [1.165, 1.54) is 7.11 Å². The van der Waals surface area contributed by atoms with Crippen LogP contribution in [0.2, 0.25) is 0 Å². The van der Waals surface area contributed by atoms with Crippen LogP contribution in [0.4, 0.5) is 17.5 Å². The number of hydrogen-bond donors (Lipinski definition) is 4. The van der Waals surface area contributed by atoms with E-state index in [0.29, 0.717) is 28.7 Å². The summed E-state index contributed by atoms with van der Waals surface area (Å²) in [5.74, 6) is -1.28. The Hall–Kier alpha value is -4.43. The second kappa shape index (κ2) is 7.53. The predicted octanol–water partition coefficient (Wildman–Crippen LogP) is -0.639. The van der Waals surface area contributed by atoms with Crippen LogP contribution in [-0.4, -0.2) is 53.0 Å². The van der Waals surface area contributed by atoms with Crippen LogP contribution in [-0.2, 0) is 16.0 Å². The second-order valence-corrected chi connectivity index (χ2v) is 8.59. The monoisotopic (exact) mass is 497 g/mol. The lowest BCUT2D eigenvalue weighted by Gasteiger charge is -2.27. The SMILES string of the molecule is COc1cc2c(c3oc(=O)c4c(c13)CCC4=O)[C@H]1[C@@H](O2)OC(N(C=O)c2c(N)nc(N)[nH]c2=O)[C@@H]1O. The van der Waals surface area contributed by atoms with Gasteiger partial charge in [-0.15, -0.1) is 0 Å². The highest BCUT2D eigenvalue weighted by Gasteiger charge is 2.55. The molecule has 0 radical (unpaired) electrons. The van der Waals surface area contributed by atoms with Gasteiger partial charge in [0.2, 0.25) is 18.6 Å². The van der Waals surface area contributed by atoms with Crippen molar-refractivity contribution < 1.29 is 33.3 Å². The quantitative estimate of drug-likeness (QED) is 0.262. The van der Waals surface area contributed by atoms with Crippen molar-refractivity contribution in [2.24, 2.45) is 0 Å². The molecule has 1 fully saturated rings. The number of carbonyl (C=O) groups is 2. The number of aliphatic hydroxyl groups excluding tert-OH is 1. The molecule has 0 saturated carbocycles. The van der Waals surface area contributed by atoms with Crippen LogP contribution in [0.3, 0.4) is 0 Å². The summed E-state index contributed by atoms with van der Waals surface area (Å²) in [5.41, 5.74) is 10.2. The van der Waals surface area contributed by atoms with Crippen molar-refractivity contribution >= 4 is 40.6 Å². The zero-order valence-corrected chi connectivity index (χ0v) is 18.6. The molecule has 36 heavy (non-hydrogen) atoms. The predicted molar refractivity (Wildman–Crippen MR) is 122 cm³/mol. The van der Waals surface area contributed by atoms with E-state index in [1.54, 1.807) is 6.07 Å². The number of nitrogens with one attached hydrogen (secondary N) is 1. The Labute approximate surface area is 200 Å². The number of hydrogen-bond acceptors (Lipinski definition) is 12. The van der Waals surface area contributed by atoms with Crippen LogP contribution in [0, 0.1) is 0 Å². The van der Waals surface area contributed by atoms with Gasteiger partial charge >= 0.3 is 5.63 Å². The number of aryl methyl sites for hydroxylation is 1. The molecule has 0 bridgehead atoms. The fourth-order valence-electron chi connectivity index (χ4n) is 5.28. The Morgan fingerprint density at radius 3 is 2.75 bits per heavy atom. The molecule has 4 heterocycles. The summed E-state index contributed by atoms with van der Waals surface area (Å²) in [6.45, 7) is 0. The van der Waals surface area contributed by atoms with Gasteiger partial charge in [0.1, 0.15) is 28.7 Å². The number of nitrogens with two attached hydrogens (primary N) is 2. The topological polar surface area (TPSA) is 213 Å². The van der Waals surface area contributed by atoms with E-state index in [0.717, 1.165) is 4.90 Å². The van der Waals surface area contributed by atoms with Crippen molar-refractivity contribution in [2.45, 2.75) is 37.4 Å². The van der Waals surface area contributed by atoms with Crippen molar-refractivity contribution in [2.75, 3.05) is 23.5 Å². The van der Waals surface area contributed by atoms with Crippen molar-refractivity contribution in [3.63, 3.8) is 0 Å². The molecule has 3 aliphatic rings. The van der Waals surface area contributed by atoms with Crippen molar-refractivity contribution in [3.05, 3.63) is 43.5 Å². The van der Waals surface area contributed by atoms with E-state index in [1.807, 2.05) is 0 Å². The van der Waals surface area contributed by atoms with E-state index < -0.39 is 35.7 Å². The molecular weight excluding hydrogens is 478 g/mol. The molecule has 1 aliphatic carbocycles. The number of methoxy groups -OCH3 is 1. The van der Waals surface area contributed by atoms with Crippen molar-refractivity contribution in [3.8, 4) is 11.5 Å². The highest BCUT2D eigenvalue weighted by atomic mass is 16.7. The molecule has 2 aliphatic heterocycles. The highest BCUT2D eigenvalue weighted by Crippen LogP contribution is 2.53. The lowest BCUT2D eigenvalue weighted by Crippen LogP contribution is -2.45. The van der Waals surface area contributed by atoms with Gasteiger partial charge in [0.25, 0.3) is 5.56 Å². The van der Waals surface area contributed by atoms with Gasteiger partial charge in [-0.25, -0.2) is 4.79 Å². The first-order valence-corrected chi connectivity index (χ1v) is 10.9. The number of anilines is 3. The fourth-order valence-corrected chi connectivity index (χ4v) is 5.28. The number of rotatable bonds is 4. The molecule has 14 nitrogen and oxygen atoms in total. The number of benzene rings is 1. The zero-order valence-electron chi connectivity index (χ0n) is 18.6. The van der Waals surface area contributed by atoms with E-state index in [2.05, 4.69) is 9.97 Å². The average molecular weight is 497 g/mol. The zero-order chi connectivity index (χ0) is 25.5. The maximum Gasteiger partial charge on any atom is 0.347 e. The molecule has 3 aromatic rings. The summed E-state index contributed by atoms with van der Waals surface area (Å²) >= 11 is 0. The van der Waals surface area contributed by atoms with Crippen LogP contribution >= 0.6 is 0 Å². The largest absolute Gasteiger partial charge is 0.496 e. The van der Waals surface area contributed by atoms with Gasteiger partial charge in [0.15, 0.2) is 23.5 Å². The Morgan fingerprint density at radius 1 is 1.28 bits per heavy atom. The van der Waals surface area contributed by atoms with Crippen molar-refractivity contribution in [1.29, 1.82) is 0 Å². The summed E-state index contributed by atoms with van der Waals surface area (Å²) in [6.07, 6.45) is -3.21. The molecule has 2 aromatic heterocycles. The van der Waals surface area contributed by atoms with Gasteiger partial charge in [-0.1, -0.05) is 0 Å². The van der Waals surface area contributed by atoms with Crippen LogP contribution in [0.15, 0.2) is 20.1 Å². The molecule has 4 atom stereocenters. The number of nitrogen functional groups attached to an aromatic ring is 2. The molecule has 1 aromatic carbocycles. The normalized spacial score (nSPS) is 23.8. The van der Waals surface area contributed by atoms with Crippen LogP contribution in [0.25, 0.3) is 11.0 Å². The summed E-state index contributed by atoms with van der Waals surface area (Å²) in [7, 11) is 1.43. The number of ketones is 1. The summed E-state index contributed by atoms with van der Waals surface area (Å²) < 4.78 is 22.8. The highest BCUT2D eigenvalue weighted by molar-refractivity contribution is 6.06. The minimum Gasteiger partial charge on any atom is -0.496 e. The second-order valence-electron chi connectivity index (χ2n) is 8.59. The van der Waals surface area contributed by atoms with Gasteiger partial charge in [0, 0.05) is 12.5 Å². The molecular formula is C22H19N5O9. The maximum absolute atomic E-state index is 12.7. The van der Waals surface area contributed by atoms with Gasteiger partial charge in [-0.05, 0) is 12.0 Å². The first kappa shape index (κ1) is 22.1. The number of aromatic amines is 1. The average Bonchev–Trinajstić information content (AvgIpc) is 3.48. The molecule has 1 unspecified atom stereocenters. The first-order chi connectivity index (χ1) is 17.2. The van der Waals surface area contributed by atoms with Gasteiger partial charge in [0.05, 0.1) is 24.0 Å². The standard InChI is InChI=1S/C22H19N5O9/c1-33-8-4-9-12(16-11(8)6-2-3-7(29)10(6)20(32)35-16)13-15(30)19(36-21(13)34-9)27(5-28)14-17(23)25-22(24)26-18(14)31/h4-5,13,15,19,21,30H,2-3H2,1H3,(H5,23,24,25,26,31)/t13-,15-,19?,21+/m1/s1. The number of fused-ring (bicyclic) bond motifs is 7.